The molecule has 15 heteroatoms. The van der Waals surface area contributed by atoms with E-state index in [2.05, 4.69) is 54.7 Å². The number of nitrogens with one attached hydrogen (secondary N) is 3. The van der Waals surface area contributed by atoms with Gasteiger partial charge in [-0.05, 0) is 79.5 Å². The van der Waals surface area contributed by atoms with Gasteiger partial charge < -0.3 is 39.7 Å². The van der Waals surface area contributed by atoms with E-state index in [1.807, 2.05) is 45.0 Å². The molecule has 0 radical (unpaired) electrons. The molecule has 0 aliphatic heterocycles. The maximum Gasteiger partial charge on any atom is 0.251 e. The minimum Gasteiger partial charge on any atom is -0.494 e. The van der Waals surface area contributed by atoms with Crippen LogP contribution in [0, 0.1) is 39.4 Å². The van der Waals surface area contributed by atoms with Crippen molar-refractivity contribution in [1.82, 2.24) is 20.9 Å². The molecule has 4 aromatic rings. The van der Waals surface area contributed by atoms with Crippen molar-refractivity contribution in [1.29, 1.82) is 5.26 Å². The quantitative estimate of drug-likeness (QED) is 0.0629. The number of hydrogen-bond donors (Lipinski definition) is 4. The summed E-state index contributed by atoms with van der Waals surface area (Å²) in [5, 5.41) is 29.1. The summed E-state index contributed by atoms with van der Waals surface area (Å²) in [5.74, 6) is -0.848. The second kappa shape index (κ2) is 21.3. The molecule has 2 fully saturated rings. The molecule has 1 aromatic heterocycles. The van der Waals surface area contributed by atoms with Gasteiger partial charge in [0.25, 0.3) is 5.91 Å². The van der Waals surface area contributed by atoms with Gasteiger partial charge in [0, 0.05) is 53.1 Å². The second-order valence-corrected chi connectivity index (χ2v) is 20.1. The molecule has 3 aromatic carbocycles. The van der Waals surface area contributed by atoms with E-state index in [1.54, 1.807) is 48.7 Å². The zero-order valence-corrected chi connectivity index (χ0v) is 39.6. The van der Waals surface area contributed by atoms with Crippen molar-refractivity contribution in [2.45, 2.75) is 111 Å². The zero-order chi connectivity index (χ0) is 47.8. The summed E-state index contributed by atoms with van der Waals surface area (Å²) in [6.07, 6.45) is 4.51. The average Bonchev–Trinajstić information content (AvgIpc) is 3.97. The van der Waals surface area contributed by atoms with Gasteiger partial charge in [-0.2, -0.15) is 5.26 Å². The van der Waals surface area contributed by atoms with E-state index >= 15 is 0 Å². The first-order valence-electron chi connectivity index (χ1n) is 22.5. The Labute approximate surface area is 392 Å². The van der Waals surface area contributed by atoms with Crippen molar-refractivity contribution < 1.29 is 42.9 Å². The van der Waals surface area contributed by atoms with Crippen LogP contribution in [-0.2, 0) is 25.7 Å². The van der Waals surface area contributed by atoms with Crippen LogP contribution in [0.4, 0.5) is 0 Å². The molecule has 1 heterocycles. The number of unbranched alkanes of at least 4 members (excludes halogenated alkanes) is 2. The van der Waals surface area contributed by atoms with Crippen LogP contribution in [0.15, 0.2) is 83.7 Å². The van der Waals surface area contributed by atoms with E-state index < -0.39 is 35.3 Å². The number of ketones is 1. The normalized spacial score (nSPS) is 21.1. The van der Waals surface area contributed by atoms with E-state index in [0.29, 0.717) is 53.0 Å². The Balaban J connectivity index is 0.875. The number of aliphatic hydroxyl groups excluding tert-OH is 1. The second-order valence-electron chi connectivity index (χ2n) is 19.7. The average molecular weight is 925 g/mol. The summed E-state index contributed by atoms with van der Waals surface area (Å²) in [6, 6.07) is 20.5. The van der Waals surface area contributed by atoms with E-state index in [-0.39, 0.29) is 66.6 Å². The summed E-state index contributed by atoms with van der Waals surface area (Å²) in [4.78, 5) is 57.7. The molecule has 14 nitrogen and oxygen atoms in total. The number of nitriles is 1. The summed E-state index contributed by atoms with van der Waals surface area (Å²) >= 11 is 6.23. The fourth-order valence-corrected chi connectivity index (χ4v) is 9.78. The first kappa shape index (κ1) is 49.7. The van der Waals surface area contributed by atoms with Gasteiger partial charge >= 0.3 is 0 Å². The van der Waals surface area contributed by atoms with Crippen LogP contribution >= 0.6 is 11.6 Å². The predicted octanol–water partition coefficient (Wildman–Crippen LogP) is 7.85. The van der Waals surface area contributed by atoms with Gasteiger partial charge in [-0.1, -0.05) is 84.3 Å². The summed E-state index contributed by atoms with van der Waals surface area (Å²) in [6.45, 7) is 14.6. The summed E-state index contributed by atoms with van der Waals surface area (Å²) in [5.41, 5.74) is 1.18. The van der Waals surface area contributed by atoms with Gasteiger partial charge in [0.2, 0.25) is 11.8 Å². The number of aliphatic hydroxyl groups is 1. The molecule has 2 aliphatic carbocycles. The molecular weight excluding hydrogens is 862 g/mol. The molecule has 6 rings (SSSR count). The Kier molecular flexibility index (Phi) is 16.0. The minimum atomic E-state index is -0.888. The highest BCUT2D eigenvalue weighted by atomic mass is 35.5. The van der Waals surface area contributed by atoms with Crippen LogP contribution < -0.4 is 25.4 Å². The molecule has 0 spiro atoms. The Morgan fingerprint density at radius 1 is 0.924 bits per heavy atom. The first-order valence-corrected chi connectivity index (χ1v) is 22.9. The highest BCUT2D eigenvalue weighted by Crippen LogP contribution is 2.55. The van der Waals surface area contributed by atoms with Crippen LogP contribution in [0.1, 0.15) is 102 Å². The number of amides is 3. The lowest BCUT2D eigenvalue weighted by atomic mass is 9.49. The first-order chi connectivity index (χ1) is 31.3. The molecule has 0 bridgehead atoms. The van der Waals surface area contributed by atoms with Gasteiger partial charge in [-0.15, -0.1) is 0 Å². The van der Waals surface area contributed by atoms with Crippen LogP contribution in [0.2, 0.25) is 5.02 Å². The van der Waals surface area contributed by atoms with E-state index in [9.17, 15) is 29.5 Å². The van der Waals surface area contributed by atoms with Crippen molar-refractivity contribution >= 4 is 35.1 Å². The monoisotopic (exact) mass is 923 g/mol. The Morgan fingerprint density at radius 2 is 1.59 bits per heavy atom. The molecule has 0 saturated heterocycles. The number of aromatic nitrogens is 1. The molecule has 66 heavy (non-hydrogen) atoms. The van der Waals surface area contributed by atoms with Crippen molar-refractivity contribution in [3.63, 3.8) is 0 Å². The van der Waals surface area contributed by atoms with Crippen molar-refractivity contribution in [3.8, 4) is 28.9 Å². The Bertz CT molecular complexity index is 2340. The lowest BCUT2D eigenvalue weighted by molar-refractivity contribution is -0.164. The van der Waals surface area contributed by atoms with Gasteiger partial charge in [0.1, 0.15) is 30.3 Å². The number of halogens is 1. The number of Topliss-reactive ketones (excluding diaryl/α,β-unsaturated/α-hetero) is 1. The van der Waals surface area contributed by atoms with Gasteiger partial charge in [-0.3, -0.25) is 19.2 Å². The zero-order valence-electron chi connectivity index (χ0n) is 38.8. The number of ether oxygens (including phenoxy) is 3. The fraction of sp³-hybridized carbons (Fsp3) is 0.490. The SMILES string of the molecule is CC1(C)C(NC(=O)c2ccc(OCCCCCOCC(=O)N[C@H](C(=O)C3C[C@H](O)C[C@H]3C(=O)NCc3ccc(-c4cnco4)cc3)C(C)(C)C)cc2)C(C)(C)C1Oc1ccc(C#N)c(Cl)c1. The predicted molar refractivity (Wildman–Crippen MR) is 248 cm³/mol. The van der Waals surface area contributed by atoms with Crippen LogP contribution in [-0.4, -0.2) is 77.7 Å². The number of oxazole rings is 1. The number of carbonyl (C=O) groups is 4. The van der Waals surface area contributed by atoms with Crippen molar-refractivity contribution in [2.24, 2.45) is 28.1 Å². The van der Waals surface area contributed by atoms with Crippen LogP contribution in [0.5, 0.6) is 11.5 Å². The van der Waals surface area contributed by atoms with Gasteiger partial charge in [0.05, 0.1) is 41.5 Å². The van der Waals surface area contributed by atoms with E-state index in [1.165, 1.54) is 6.39 Å². The minimum absolute atomic E-state index is 0.143. The number of rotatable bonds is 20. The number of nitrogens with zero attached hydrogens (tertiary/aromatic N) is 2. The Morgan fingerprint density at radius 3 is 2.23 bits per heavy atom. The Hall–Kier alpha value is -5.75. The smallest absolute Gasteiger partial charge is 0.251 e. The molecule has 2 saturated carbocycles. The van der Waals surface area contributed by atoms with Crippen LogP contribution in [0.25, 0.3) is 11.3 Å². The number of carbonyl (C=O) groups excluding carboxylic acids is 4. The van der Waals surface area contributed by atoms with E-state index in [4.69, 9.17) is 30.2 Å². The lowest BCUT2D eigenvalue weighted by Crippen LogP contribution is -2.74. The molecule has 4 atom stereocenters. The third kappa shape index (κ3) is 12.0. The molecule has 352 valence electrons. The standard InChI is InChI=1S/C51H62ClN5O9/c1-49(2,3)44(43(60)38-23-35(58)24-39(38)46(62)55-27-31-11-13-32(14-12-31)41-28-54-30-65-41)56-42(59)29-63-21-9-8-10-22-64-36-18-15-33(16-19-36)45(61)57-47-50(4,5)48(51(47,6)7)66-37-20-17-34(26-53)40(52)25-37/h11-20,25,28,30,35,38-39,44,47-48,58H,8-10,21-24,27,29H2,1-7H3,(H,55,62)(H,56,59)(H,57,61)/t35-,38?,39+,44+,47?,48?/m0/s1. The van der Waals surface area contributed by atoms with Crippen molar-refractivity contribution in [3.05, 3.63) is 101 Å². The summed E-state index contributed by atoms with van der Waals surface area (Å²) in [7, 11) is 0. The van der Waals surface area contributed by atoms with Crippen LogP contribution in [0.3, 0.4) is 0 Å². The lowest BCUT2D eigenvalue weighted by Gasteiger charge is -2.63. The van der Waals surface area contributed by atoms with Gasteiger partial charge in [-0.25, -0.2) is 4.98 Å². The molecule has 3 amide bonds. The molecular formula is C51H62ClN5O9. The summed E-state index contributed by atoms with van der Waals surface area (Å²) < 4.78 is 23.3. The number of benzene rings is 3. The van der Waals surface area contributed by atoms with Crippen molar-refractivity contribution in [2.75, 3.05) is 19.8 Å². The van der Waals surface area contributed by atoms with Gasteiger partial charge in [0.15, 0.2) is 17.9 Å². The highest BCUT2D eigenvalue weighted by Gasteiger charge is 2.64. The fourth-order valence-electron chi connectivity index (χ4n) is 9.56. The third-order valence-electron chi connectivity index (χ3n) is 12.8. The molecule has 4 N–H and O–H groups in total. The van der Waals surface area contributed by atoms with E-state index in [0.717, 1.165) is 24.0 Å². The maximum absolute atomic E-state index is 14.0. The largest absolute Gasteiger partial charge is 0.494 e. The third-order valence-corrected chi connectivity index (χ3v) is 13.1. The topological polar surface area (TPSA) is 202 Å². The number of hydrogen-bond acceptors (Lipinski definition) is 11. The molecule has 1 unspecified atom stereocenters. The highest BCUT2D eigenvalue weighted by molar-refractivity contribution is 6.31. The molecule has 2 aliphatic rings. The maximum atomic E-state index is 14.0.